The number of rotatable bonds is 4. The molecular formula is C17H15FN2O4. The van der Waals surface area contributed by atoms with Gasteiger partial charge in [-0.2, -0.15) is 4.39 Å². The number of hydrogen-bond acceptors (Lipinski definition) is 4. The lowest BCUT2D eigenvalue weighted by Gasteiger charge is -2.25. The highest BCUT2D eigenvalue weighted by Gasteiger charge is 2.23. The van der Waals surface area contributed by atoms with E-state index in [1.807, 2.05) is 24.3 Å². The van der Waals surface area contributed by atoms with Crippen LogP contribution in [0.15, 0.2) is 42.5 Å². The summed E-state index contributed by atoms with van der Waals surface area (Å²) in [6.07, 6.45) is 0.533. The molecule has 1 heterocycles. The van der Waals surface area contributed by atoms with Gasteiger partial charge >= 0.3 is 5.69 Å². The van der Waals surface area contributed by atoms with E-state index in [-0.39, 0.29) is 24.1 Å². The van der Waals surface area contributed by atoms with E-state index in [4.69, 9.17) is 4.74 Å². The van der Waals surface area contributed by atoms with Crippen LogP contribution in [0, 0.1) is 15.9 Å². The molecule has 124 valence electrons. The molecule has 0 fully saturated rings. The first-order valence-electron chi connectivity index (χ1n) is 7.48. The molecule has 0 bridgehead atoms. The second-order valence-electron chi connectivity index (χ2n) is 5.48. The smallest absolute Gasteiger partial charge is 0.306 e. The normalized spacial score (nSPS) is 16.3. The lowest BCUT2D eigenvalue weighted by molar-refractivity contribution is -0.387. The standard InChI is InChI=1S/C17H15FN2O4/c18-14-6-5-12(9-15(14)20(22)23)19-17(21)10-16-13-4-2-1-3-11(13)7-8-24-16/h1-6,9,16H,7-8,10H2,(H,19,21)/t16-/m0/s1. The monoisotopic (exact) mass is 330 g/mol. The number of fused-ring (bicyclic) bond motifs is 1. The van der Waals surface area contributed by atoms with E-state index >= 15 is 0 Å². The van der Waals surface area contributed by atoms with Gasteiger partial charge in [-0.25, -0.2) is 0 Å². The van der Waals surface area contributed by atoms with Crippen molar-refractivity contribution in [2.75, 3.05) is 11.9 Å². The molecule has 3 rings (SSSR count). The molecule has 1 aliphatic heterocycles. The molecule has 2 aromatic rings. The summed E-state index contributed by atoms with van der Waals surface area (Å²) < 4.78 is 19.0. The van der Waals surface area contributed by atoms with Crippen molar-refractivity contribution in [2.45, 2.75) is 18.9 Å². The number of nitrogens with one attached hydrogen (secondary N) is 1. The van der Waals surface area contributed by atoms with Crippen molar-refractivity contribution >= 4 is 17.3 Å². The van der Waals surface area contributed by atoms with E-state index < -0.39 is 16.4 Å². The number of carbonyl (C=O) groups excluding carboxylic acids is 1. The Morgan fingerprint density at radius 3 is 2.92 bits per heavy atom. The van der Waals surface area contributed by atoms with Crippen molar-refractivity contribution in [1.82, 2.24) is 0 Å². The van der Waals surface area contributed by atoms with Crippen LogP contribution >= 0.6 is 0 Å². The van der Waals surface area contributed by atoms with Gasteiger partial charge in [-0.1, -0.05) is 24.3 Å². The first-order valence-corrected chi connectivity index (χ1v) is 7.48. The molecule has 7 heteroatoms. The highest BCUT2D eigenvalue weighted by Crippen LogP contribution is 2.30. The van der Waals surface area contributed by atoms with E-state index in [9.17, 15) is 19.3 Å². The van der Waals surface area contributed by atoms with Crippen LogP contribution in [-0.4, -0.2) is 17.4 Å². The van der Waals surface area contributed by atoms with E-state index in [1.165, 1.54) is 6.07 Å². The highest BCUT2D eigenvalue weighted by atomic mass is 19.1. The minimum Gasteiger partial charge on any atom is -0.373 e. The summed E-state index contributed by atoms with van der Waals surface area (Å²) in [4.78, 5) is 22.1. The largest absolute Gasteiger partial charge is 0.373 e. The van der Waals surface area contributed by atoms with Gasteiger partial charge in [0.1, 0.15) is 0 Å². The fourth-order valence-corrected chi connectivity index (χ4v) is 2.76. The van der Waals surface area contributed by atoms with E-state index in [0.717, 1.165) is 29.7 Å². The Balaban J connectivity index is 1.71. The summed E-state index contributed by atoms with van der Waals surface area (Å²) in [6, 6.07) is 11.0. The molecule has 0 saturated heterocycles. The second-order valence-corrected chi connectivity index (χ2v) is 5.48. The Hall–Kier alpha value is -2.80. The number of anilines is 1. The van der Waals surface area contributed by atoms with Gasteiger partial charge < -0.3 is 10.1 Å². The molecule has 0 aromatic heterocycles. The van der Waals surface area contributed by atoms with Crippen LogP contribution in [0.3, 0.4) is 0 Å². The molecule has 0 unspecified atom stereocenters. The topological polar surface area (TPSA) is 81.5 Å². The summed E-state index contributed by atoms with van der Waals surface area (Å²) in [5.41, 5.74) is 1.63. The number of nitro groups is 1. The number of carbonyl (C=O) groups is 1. The molecule has 2 aromatic carbocycles. The molecule has 1 aliphatic rings. The molecule has 1 atom stereocenters. The van der Waals surface area contributed by atoms with Gasteiger partial charge in [-0.05, 0) is 29.7 Å². The van der Waals surface area contributed by atoms with Gasteiger partial charge in [0.05, 0.1) is 24.1 Å². The minimum absolute atomic E-state index is 0.0855. The SMILES string of the molecule is O=C(C[C@@H]1OCCc2ccccc21)Nc1ccc(F)c([N+](=O)[O-])c1. The van der Waals surface area contributed by atoms with Crippen LogP contribution in [0.5, 0.6) is 0 Å². The predicted molar refractivity (Wildman–Crippen MR) is 85.1 cm³/mol. The van der Waals surface area contributed by atoms with Crippen LogP contribution in [-0.2, 0) is 16.0 Å². The molecule has 0 saturated carbocycles. The summed E-state index contributed by atoms with van der Waals surface area (Å²) in [5.74, 6) is -1.29. The van der Waals surface area contributed by atoms with Crippen molar-refractivity contribution in [3.8, 4) is 0 Å². The van der Waals surface area contributed by atoms with Gasteiger partial charge in [0.25, 0.3) is 0 Å². The maximum absolute atomic E-state index is 13.3. The zero-order chi connectivity index (χ0) is 17.1. The number of benzene rings is 2. The van der Waals surface area contributed by atoms with Gasteiger partial charge in [0, 0.05) is 11.8 Å². The van der Waals surface area contributed by atoms with Crippen LogP contribution in [0.1, 0.15) is 23.7 Å². The number of nitrogens with zero attached hydrogens (tertiary/aromatic N) is 1. The zero-order valence-corrected chi connectivity index (χ0v) is 12.7. The number of halogens is 1. The maximum Gasteiger partial charge on any atom is 0.306 e. The zero-order valence-electron chi connectivity index (χ0n) is 12.7. The molecule has 24 heavy (non-hydrogen) atoms. The summed E-state index contributed by atoms with van der Waals surface area (Å²) in [5, 5.41) is 13.3. The summed E-state index contributed by atoms with van der Waals surface area (Å²) in [6.45, 7) is 0.539. The van der Waals surface area contributed by atoms with Crippen molar-refractivity contribution < 1.29 is 18.8 Å². The summed E-state index contributed by atoms with van der Waals surface area (Å²) >= 11 is 0. The third-order valence-corrected chi connectivity index (χ3v) is 3.89. The number of amides is 1. The molecule has 0 spiro atoms. The third-order valence-electron chi connectivity index (χ3n) is 3.89. The molecule has 0 radical (unpaired) electrons. The third kappa shape index (κ3) is 3.41. The maximum atomic E-state index is 13.3. The lowest BCUT2D eigenvalue weighted by Crippen LogP contribution is -2.22. The van der Waals surface area contributed by atoms with E-state index in [2.05, 4.69) is 5.32 Å². The predicted octanol–water partition coefficient (Wildman–Crippen LogP) is 3.38. The highest BCUT2D eigenvalue weighted by molar-refractivity contribution is 5.91. The average Bonchev–Trinajstić information content (AvgIpc) is 2.56. The summed E-state index contributed by atoms with van der Waals surface area (Å²) in [7, 11) is 0. The Kier molecular flexibility index (Phi) is 4.52. The molecule has 6 nitrogen and oxygen atoms in total. The van der Waals surface area contributed by atoms with Crippen LogP contribution in [0.4, 0.5) is 15.8 Å². The fraction of sp³-hybridized carbons (Fsp3) is 0.235. The molecule has 1 N–H and O–H groups in total. The Labute approximate surface area is 137 Å². The number of hydrogen-bond donors (Lipinski definition) is 1. The van der Waals surface area contributed by atoms with Crippen molar-refractivity contribution in [2.24, 2.45) is 0 Å². The Bertz CT molecular complexity index is 794. The van der Waals surface area contributed by atoms with Gasteiger partial charge in [-0.15, -0.1) is 0 Å². The van der Waals surface area contributed by atoms with E-state index in [0.29, 0.717) is 6.61 Å². The first kappa shape index (κ1) is 16.1. The van der Waals surface area contributed by atoms with Crippen LogP contribution in [0.25, 0.3) is 0 Å². The van der Waals surface area contributed by atoms with Crippen LogP contribution < -0.4 is 5.32 Å². The molecule has 0 aliphatic carbocycles. The fourth-order valence-electron chi connectivity index (χ4n) is 2.76. The number of ether oxygens (including phenoxy) is 1. The van der Waals surface area contributed by atoms with Crippen molar-refractivity contribution in [3.05, 3.63) is 69.5 Å². The second kappa shape index (κ2) is 6.76. The Morgan fingerprint density at radius 1 is 1.33 bits per heavy atom. The minimum atomic E-state index is -0.942. The number of nitro benzene ring substituents is 1. The van der Waals surface area contributed by atoms with E-state index in [1.54, 1.807) is 0 Å². The van der Waals surface area contributed by atoms with Crippen LogP contribution in [0.2, 0.25) is 0 Å². The molecular weight excluding hydrogens is 315 g/mol. The van der Waals surface area contributed by atoms with Crippen molar-refractivity contribution in [3.63, 3.8) is 0 Å². The van der Waals surface area contributed by atoms with Gasteiger partial charge in [0.2, 0.25) is 11.7 Å². The quantitative estimate of drug-likeness (QED) is 0.688. The Morgan fingerprint density at radius 2 is 2.12 bits per heavy atom. The average molecular weight is 330 g/mol. The lowest BCUT2D eigenvalue weighted by atomic mass is 9.95. The van der Waals surface area contributed by atoms with Crippen molar-refractivity contribution in [1.29, 1.82) is 0 Å². The molecule has 1 amide bonds. The van der Waals surface area contributed by atoms with Gasteiger partial charge in [-0.3, -0.25) is 14.9 Å². The van der Waals surface area contributed by atoms with Gasteiger partial charge in [0.15, 0.2) is 0 Å². The first-order chi connectivity index (χ1) is 11.5.